The molecule has 0 saturated heterocycles. The van der Waals surface area contributed by atoms with Crippen LogP contribution in [0.5, 0.6) is 0 Å². The minimum atomic E-state index is -0.276. The van der Waals surface area contributed by atoms with Crippen molar-refractivity contribution in [3.63, 3.8) is 0 Å². The van der Waals surface area contributed by atoms with E-state index in [0.29, 0.717) is 45.8 Å². The van der Waals surface area contributed by atoms with Crippen molar-refractivity contribution in [1.82, 2.24) is 10.6 Å². The van der Waals surface area contributed by atoms with Crippen LogP contribution >= 0.6 is 0 Å². The highest BCUT2D eigenvalue weighted by Gasteiger charge is 2.21. The summed E-state index contributed by atoms with van der Waals surface area (Å²) in [5.41, 5.74) is 3.37. The summed E-state index contributed by atoms with van der Waals surface area (Å²) in [5.74, 6) is 6.28. The van der Waals surface area contributed by atoms with Crippen LogP contribution in [0.2, 0.25) is 0 Å². The third-order valence-corrected chi connectivity index (χ3v) is 5.95. The van der Waals surface area contributed by atoms with E-state index in [1.54, 1.807) is 4.90 Å². The molecule has 0 bridgehead atoms. The molecule has 2 N–H and O–H groups in total. The number of benzene rings is 2. The highest BCUT2D eigenvalue weighted by atomic mass is 16.5. The van der Waals surface area contributed by atoms with Gasteiger partial charge in [0.2, 0.25) is 5.91 Å². The number of para-hydroxylation sites is 1. The smallest absolute Gasteiger partial charge is 0.322 e. The minimum absolute atomic E-state index is 0.0118. The zero-order valence-corrected chi connectivity index (χ0v) is 22.1. The second-order valence-electron chi connectivity index (χ2n) is 8.96. The van der Waals surface area contributed by atoms with E-state index in [9.17, 15) is 14.4 Å². The zero-order chi connectivity index (χ0) is 27.0. The molecule has 0 unspecified atom stereocenters. The van der Waals surface area contributed by atoms with Gasteiger partial charge in [0.05, 0.1) is 32.1 Å². The van der Waals surface area contributed by atoms with Crippen molar-refractivity contribution in [2.75, 3.05) is 44.4 Å². The summed E-state index contributed by atoms with van der Waals surface area (Å²) in [6.07, 6.45) is 2.24. The number of ether oxygens (including phenoxy) is 2. The number of carbonyl (C=O) groups excluding carboxylic acids is 3. The van der Waals surface area contributed by atoms with Crippen LogP contribution in [0, 0.1) is 11.8 Å². The van der Waals surface area contributed by atoms with Gasteiger partial charge in [0.15, 0.2) is 0 Å². The number of ketones is 1. The van der Waals surface area contributed by atoms with Gasteiger partial charge in [-0.2, -0.15) is 0 Å². The summed E-state index contributed by atoms with van der Waals surface area (Å²) in [6, 6.07) is 15.1. The largest absolute Gasteiger partial charge is 0.379 e. The number of hydrogen-bond acceptors (Lipinski definition) is 5. The minimum Gasteiger partial charge on any atom is -0.379 e. The van der Waals surface area contributed by atoms with E-state index in [1.165, 1.54) is 0 Å². The number of nitrogens with zero attached hydrogens (tertiary/aromatic N) is 1. The van der Waals surface area contributed by atoms with E-state index in [1.807, 2.05) is 48.5 Å². The topological polar surface area (TPSA) is 97.0 Å². The first kappa shape index (κ1) is 28.9. The molecule has 2 aromatic carbocycles. The van der Waals surface area contributed by atoms with E-state index in [4.69, 9.17) is 9.47 Å². The van der Waals surface area contributed by atoms with Crippen LogP contribution in [0.1, 0.15) is 55.7 Å². The summed E-state index contributed by atoms with van der Waals surface area (Å²) in [4.78, 5) is 39.0. The first-order valence-corrected chi connectivity index (χ1v) is 13.3. The normalized spacial score (nSPS) is 11.8. The van der Waals surface area contributed by atoms with Gasteiger partial charge in [-0.25, -0.2) is 4.79 Å². The van der Waals surface area contributed by atoms with Crippen molar-refractivity contribution < 1.29 is 23.9 Å². The van der Waals surface area contributed by atoms with Crippen LogP contribution in [0.25, 0.3) is 0 Å². The van der Waals surface area contributed by atoms with Gasteiger partial charge in [0.1, 0.15) is 5.78 Å². The Bertz CT molecular complexity index is 1140. The molecule has 0 aromatic heterocycles. The third kappa shape index (κ3) is 9.66. The Kier molecular flexibility index (Phi) is 12.3. The number of anilines is 1. The molecule has 0 spiro atoms. The lowest BCUT2D eigenvalue weighted by Gasteiger charge is -2.26. The quantitative estimate of drug-likeness (QED) is 0.276. The second-order valence-corrected chi connectivity index (χ2v) is 8.96. The molecule has 0 radical (unpaired) electrons. The molecule has 38 heavy (non-hydrogen) atoms. The number of fused-ring (bicyclic) bond motifs is 2. The van der Waals surface area contributed by atoms with Crippen LogP contribution in [0.4, 0.5) is 10.5 Å². The molecule has 0 atom stereocenters. The Morgan fingerprint density at radius 3 is 2.34 bits per heavy atom. The number of hydrogen-bond donors (Lipinski definition) is 2. The molecular formula is C30H37N3O5. The molecule has 2 aromatic rings. The fourth-order valence-corrected chi connectivity index (χ4v) is 3.96. The number of amides is 3. The number of urea groups is 1. The molecule has 3 amide bonds. The van der Waals surface area contributed by atoms with Crippen LogP contribution in [-0.4, -0.2) is 57.2 Å². The lowest BCUT2D eigenvalue weighted by molar-refractivity contribution is -0.121. The van der Waals surface area contributed by atoms with Gasteiger partial charge in [-0.15, -0.1) is 0 Å². The zero-order valence-electron chi connectivity index (χ0n) is 22.1. The molecular weight excluding hydrogens is 482 g/mol. The van der Waals surface area contributed by atoms with E-state index in [2.05, 4.69) is 29.4 Å². The second kappa shape index (κ2) is 16.2. The van der Waals surface area contributed by atoms with Gasteiger partial charge < -0.3 is 20.1 Å². The van der Waals surface area contributed by atoms with E-state index in [0.717, 1.165) is 35.4 Å². The molecule has 1 aliphatic heterocycles. The molecule has 8 heteroatoms. The van der Waals surface area contributed by atoms with Gasteiger partial charge in [-0.1, -0.05) is 49.1 Å². The molecule has 0 saturated carbocycles. The van der Waals surface area contributed by atoms with Crippen molar-refractivity contribution in [1.29, 1.82) is 0 Å². The van der Waals surface area contributed by atoms with Gasteiger partial charge in [-0.3, -0.25) is 14.5 Å². The summed E-state index contributed by atoms with van der Waals surface area (Å²) in [6.45, 7) is 5.31. The number of rotatable bonds is 15. The van der Waals surface area contributed by atoms with Crippen molar-refractivity contribution >= 4 is 23.4 Å². The van der Waals surface area contributed by atoms with Crippen LogP contribution in [-0.2, 0) is 25.6 Å². The Labute approximate surface area is 225 Å². The van der Waals surface area contributed by atoms with E-state index in [-0.39, 0.29) is 37.1 Å². The van der Waals surface area contributed by atoms with Crippen molar-refractivity contribution in [2.45, 2.75) is 45.6 Å². The maximum atomic E-state index is 13.1. The summed E-state index contributed by atoms with van der Waals surface area (Å²) >= 11 is 0. The lowest BCUT2D eigenvalue weighted by Crippen LogP contribution is -2.41. The molecule has 202 valence electrons. The Morgan fingerprint density at radius 2 is 1.53 bits per heavy atom. The SMILES string of the molecule is CCCOCCOCCNC(=O)CCCC(=O)CCNC(=O)N1Cc2ccccc2C#Cc2ccccc21. The van der Waals surface area contributed by atoms with Crippen molar-refractivity contribution in [3.05, 3.63) is 65.2 Å². The van der Waals surface area contributed by atoms with E-state index >= 15 is 0 Å². The molecule has 1 aliphatic rings. The van der Waals surface area contributed by atoms with Crippen molar-refractivity contribution in [2.24, 2.45) is 0 Å². The third-order valence-electron chi connectivity index (χ3n) is 5.95. The number of carbonyl (C=O) groups is 3. The summed E-state index contributed by atoms with van der Waals surface area (Å²) in [5, 5.41) is 5.66. The molecule has 3 rings (SSSR count). The first-order chi connectivity index (χ1) is 18.6. The Hall–Kier alpha value is -3.67. The van der Waals surface area contributed by atoms with Gasteiger partial charge in [-0.05, 0) is 36.6 Å². The van der Waals surface area contributed by atoms with Gasteiger partial charge in [0, 0.05) is 50.1 Å². The Morgan fingerprint density at radius 1 is 0.816 bits per heavy atom. The number of nitrogens with one attached hydrogen (secondary N) is 2. The highest BCUT2D eigenvalue weighted by Crippen LogP contribution is 2.25. The maximum Gasteiger partial charge on any atom is 0.322 e. The Balaban J connectivity index is 1.35. The highest BCUT2D eigenvalue weighted by molar-refractivity contribution is 5.94. The predicted octanol–water partition coefficient (Wildman–Crippen LogP) is 3.80. The van der Waals surface area contributed by atoms with Crippen LogP contribution in [0.3, 0.4) is 0 Å². The van der Waals surface area contributed by atoms with Gasteiger partial charge >= 0.3 is 6.03 Å². The molecule has 8 nitrogen and oxygen atoms in total. The maximum absolute atomic E-state index is 13.1. The standard InChI is InChI=1S/C30H37N3O5/c1-2-19-37-21-22-38-20-18-31-29(35)13-7-11-27(34)16-17-32-30(36)33-23-26-10-4-3-8-24(26)14-15-25-9-5-6-12-28(25)33/h3-6,8-10,12H,2,7,11,13,16-23H2,1H3,(H,31,35)(H,32,36). The summed E-state index contributed by atoms with van der Waals surface area (Å²) < 4.78 is 10.7. The average Bonchev–Trinajstić information content (AvgIpc) is 2.91. The number of Topliss-reactive ketones (excluding diaryl/α,β-unsaturated/α-hetero) is 1. The molecule has 0 aliphatic carbocycles. The van der Waals surface area contributed by atoms with E-state index < -0.39 is 0 Å². The van der Waals surface area contributed by atoms with Gasteiger partial charge in [0.25, 0.3) is 0 Å². The fourth-order valence-electron chi connectivity index (χ4n) is 3.96. The average molecular weight is 520 g/mol. The van der Waals surface area contributed by atoms with Crippen LogP contribution < -0.4 is 15.5 Å². The van der Waals surface area contributed by atoms with Crippen LogP contribution in [0.15, 0.2) is 48.5 Å². The molecule has 0 fully saturated rings. The van der Waals surface area contributed by atoms with Crippen molar-refractivity contribution in [3.8, 4) is 11.8 Å². The lowest BCUT2D eigenvalue weighted by atomic mass is 10.0. The fraction of sp³-hybridized carbons (Fsp3) is 0.433. The monoisotopic (exact) mass is 519 g/mol. The molecule has 1 heterocycles. The first-order valence-electron chi connectivity index (χ1n) is 13.3. The predicted molar refractivity (Wildman–Crippen MR) is 147 cm³/mol. The summed E-state index contributed by atoms with van der Waals surface area (Å²) in [7, 11) is 0.